The number of hydrogen-bond donors (Lipinski definition) is 2. The second-order valence-corrected chi connectivity index (χ2v) is 4.24. The van der Waals surface area contributed by atoms with Crippen LogP contribution < -0.4 is 5.32 Å². The molecule has 0 saturated heterocycles. The molecule has 0 bridgehead atoms. The molecule has 0 heterocycles. The van der Waals surface area contributed by atoms with E-state index in [1.807, 2.05) is 13.0 Å². The van der Waals surface area contributed by atoms with Crippen molar-refractivity contribution in [1.82, 2.24) is 5.32 Å². The average Bonchev–Trinajstić information content (AvgIpc) is 2.39. The summed E-state index contributed by atoms with van der Waals surface area (Å²) in [5.41, 5.74) is 1.19. The summed E-state index contributed by atoms with van der Waals surface area (Å²) in [6, 6.07) is 6.14. The molecule has 5 nitrogen and oxygen atoms in total. The summed E-state index contributed by atoms with van der Waals surface area (Å²) in [4.78, 5) is 23.1. The van der Waals surface area contributed by atoms with Gasteiger partial charge in [-0.05, 0) is 18.1 Å². The zero-order valence-electron chi connectivity index (χ0n) is 11.2. The predicted molar refractivity (Wildman–Crippen MR) is 71.0 cm³/mol. The maximum absolute atomic E-state index is 12.1. The lowest BCUT2D eigenvalue weighted by Crippen LogP contribution is -2.41. The van der Waals surface area contributed by atoms with Crippen molar-refractivity contribution in [2.24, 2.45) is 0 Å². The monoisotopic (exact) mass is 265 g/mol. The standard InChI is InChI=1S/C14H19NO4/c1-3-6-12(14(17)18)15-13(16)11-8-5-4-7-10(11)9-19-2/h4-5,7-8,12H,3,6,9H2,1-2H3,(H,15,16)(H,17,18)/t12-/m0/s1. The number of carbonyl (C=O) groups is 2. The molecule has 0 fully saturated rings. The Kier molecular flexibility index (Phi) is 6.02. The number of ether oxygens (including phenoxy) is 1. The minimum Gasteiger partial charge on any atom is -0.480 e. The summed E-state index contributed by atoms with van der Waals surface area (Å²) < 4.78 is 5.02. The summed E-state index contributed by atoms with van der Waals surface area (Å²) in [6.45, 7) is 2.19. The molecule has 104 valence electrons. The first-order valence-corrected chi connectivity index (χ1v) is 6.20. The van der Waals surface area contributed by atoms with Crippen LogP contribution in [0.5, 0.6) is 0 Å². The van der Waals surface area contributed by atoms with Crippen molar-refractivity contribution in [1.29, 1.82) is 0 Å². The maximum Gasteiger partial charge on any atom is 0.326 e. The largest absolute Gasteiger partial charge is 0.480 e. The Labute approximate surface area is 112 Å². The van der Waals surface area contributed by atoms with Gasteiger partial charge in [0.2, 0.25) is 0 Å². The summed E-state index contributed by atoms with van der Waals surface area (Å²) >= 11 is 0. The van der Waals surface area contributed by atoms with Crippen molar-refractivity contribution in [2.75, 3.05) is 7.11 Å². The van der Waals surface area contributed by atoms with Gasteiger partial charge in [0.25, 0.3) is 5.91 Å². The highest BCUT2D eigenvalue weighted by Crippen LogP contribution is 2.10. The Morgan fingerprint density at radius 2 is 2.05 bits per heavy atom. The van der Waals surface area contributed by atoms with Crippen molar-refractivity contribution in [3.8, 4) is 0 Å². The first kappa shape index (κ1) is 15.2. The number of carboxylic acid groups (broad SMARTS) is 1. The van der Waals surface area contributed by atoms with Gasteiger partial charge in [-0.2, -0.15) is 0 Å². The molecule has 0 saturated carbocycles. The number of benzene rings is 1. The molecule has 0 unspecified atom stereocenters. The van der Waals surface area contributed by atoms with Gasteiger partial charge in [-0.1, -0.05) is 31.5 Å². The van der Waals surface area contributed by atoms with Gasteiger partial charge >= 0.3 is 5.97 Å². The molecule has 0 aromatic heterocycles. The van der Waals surface area contributed by atoms with Gasteiger partial charge in [0.1, 0.15) is 6.04 Å². The number of hydrogen-bond acceptors (Lipinski definition) is 3. The van der Waals surface area contributed by atoms with Gasteiger partial charge in [-0.15, -0.1) is 0 Å². The first-order chi connectivity index (χ1) is 9.10. The van der Waals surface area contributed by atoms with Gasteiger partial charge < -0.3 is 15.2 Å². The second kappa shape index (κ2) is 7.53. The fourth-order valence-electron chi connectivity index (χ4n) is 1.81. The molecule has 1 aromatic rings. The smallest absolute Gasteiger partial charge is 0.326 e. The second-order valence-electron chi connectivity index (χ2n) is 4.24. The normalized spacial score (nSPS) is 11.9. The van der Waals surface area contributed by atoms with E-state index < -0.39 is 12.0 Å². The van der Waals surface area contributed by atoms with E-state index in [9.17, 15) is 9.59 Å². The van der Waals surface area contributed by atoms with Crippen LogP contribution >= 0.6 is 0 Å². The molecule has 0 aliphatic carbocycles. The van der Waals surface area contributed by atoms with Crippen LogP contribution in [0.25, 0.3) is 0 Å². The van der Waals surface area contributed by atoms with Crippen molar-refractivity contribution in [3.63, 3.8) is 0 Å². The lowest BCUT2D eigenvalue weighted by Gasteiger charge is -2.15. The van der Waals surface area contributed by atoms with Gasteiger partial charge in [0.15, 0.2) is 0 Å². The van der Waals surface area contributed by atoms with Crippen LogP contribution in [0.2, 0.25) is 0 Å². The molecule has 1 amide bonds. The van der Waals surface area contributed by atoms with E-state index in [1.54, 1.807) is 25.3 Å². The number of carbonyl (C=O) groups excluding carboxylic acids is 1. The zero-order valence-corrected chi connectivity index (χ0v) is 11.2. The summed E-state index contributed by atoms with van der Waals surface area (Å²) in [7, 11) is 1.55. The van der Waals surface area contributed by atoms with Crippen LogP contribution in [0.4, 0.5) is 0 Å². The SMILES string of the molecule is CCC[C@H](NC(=O)c1ccccc1COC)C(=O)O. The summed E-state index contributed by atoms with van der Waals surface area (Å²) in [5.74, 6) is -1.40. The number of carboxylic acids is 1. The highest BCUT2D eigenvalue weighted by molar-refractivity contribution is 5.97. The third kappa shape index (κ3) is 4.37. The third-order valence-electron chi connectivity index (χ3n) is 2.74. The zero-order chi connectivity index (χ0) is 14.3. The summed E-state index contributed by atoms with van der Waals surface area (Å²) in [5, 5.41) is 11.6. The van der Waals surface area contributed by atoms with Crippen LogP contribution in [0, 0.1) is 0 Å². The predicted octanol–water partition coefficient (Wildman–Crippen LogP) is 1.82. The van der Waals surface area contributed by atoms with Crippen LogP contribution in [0.3, 0.4) is 0 Å². The Morgan fingerprint density at radius 1 is 1.37 bits per heavy atom. The van der Waals surface area contributed by atoms with Crippen LogP contribution in [0.15, 0.2) is 24.3 Å². The molecule has 19 heavy (non-hydrogen) atoms. The van der Waals surface area contributed by atoms with E-state index >= 15 is 0 Å². The molecule has 1 aromatic carbocycles. The number of amides is 1. The third-order valence-corrected chi connectivity index (χ3v) is 2.74. The van der Waals surface area contributed by atoms with Crippen molar-refractivity contribution in [2.45, 2.75) is 32.4 Å². The van der Waals surface area contributed by atoms with Crippen molar-refractivity contribution < 1.29 is 19.4 Å². The van der Waals surface area contributed by atoms with Crippen LogP contribution in [0.1, 0.15) is 35.7 Å². The highest BCUT2D eigenvalue weighted by Gasteiger charge is 2.20. The Morgan fingerprint density at radius 3 is 2.63 bits per heavy atom. The fraction of sp³-hybridized carbons (Fsp3) is 0.429. The van der Waals surface area contributed by atoms with Crippen LogP contribution in [-0.4, -0.2) is 30.1 Å². The van der Waals surface area contributed by atoms with E-state index in [1.165, 1.54) is 0 Å². The quantitative estimate of drug-likeness (QED) is 0.788. The molecule has 0 aliphatic rings. The Bertz CT molecular complexity index is 445. The van der Waals surface area contributed by atoms with Crippen molar-refractivity contribution >= 4 is 11.9 Å². The molecular weight excluding hydrogens is 246 g/mol. The summed E-state index contributed by atoms with van der Waals surface area (Å²) in [6.07, 6.45) is 1.10. The molecule has 2 N–H and O–H groups in total. The number of nitrogens with one attached hydrogen (secondary N) is 1. The topological polar surface area (TPSA) is 75.6 Å². The number of aliphatic carboxylic acids is 1. The Hall–Kier alpha value is -1.88. The molecule has 5 heteroatoms. The van der Waals surface area contributed by atoms with Gasteiger partial charge in [0.05, 0.1) is 6.61 Å². The maximum atomic E-state index is 12.1. The van der Waals surface area contributed by atoms with E-state index in [2.05, 4.69) is 5.32 Å². The molecule has 1 rings (SSSR count). The van der Waals surface area contributed by atoms with Gasteiger partial charge in [-0.25, -0.2) is 4.79 Å². The highest BCUT2D eigenvalue weighted by atomic mass is 16.5. The molecule has 0 spiro atoms. The van der Waals surface area contributed by atoms with E-state index in [0.717, 1.165) is 5.56 Å². The average molecular weight is 265 g/mol. The Balaban J connectivity index is 2.84. The number of methoxy groups -OCH3 is 1. The minimum atomic E-state index is -1.01. The van der Waals surface area contributed by atoms with E-state index in [-0.39, 0.29) is 5.91 Å². The van der Waals surface area contributed by atoms with E-state index in [4.69, 9.17) is 9.84 Å². The molecule has 1 atom stereocenters. The van der Waals surface area contributed by atoms with Gasteiger partial charge in [-0.3, -0.25) is 4.79 Å². The number of rotatable bonds is 7. The van der Waals surface area contributed by atoms with Crippen LogP contribution in [-0.2, 0) is 16.1 Å². The molecular formula is C14H19NO4. The van der Waals surface area contributed by atoms with E-state index in [0.29, 0.717) is 25.0 Å². The lowest BCUT2D eigenvalue weighted by molar-refractivity contribution is -0.139. The van der Waals surface area contributed by atoms with Gasteiger partial charge in [0, 0.05) is 12.7 Å². The first-order valence-electron chi connectivity index (χ1n) is 6.20. The van der Waals surface area contributed by atoms with Crippen molar-refractivity contribution in [3.05, 3.63) is 35.4 Å². The molecule has 0 aliphatic heterocycles. The lowest BCUT2D eigenvalue weighted by atomic mass is 10.1. The molecule has 0 radical (unpaired) electrons. The fourth-order valence-corrected chi connectivity index (χ4v) is 1.81. The minimum absolute atomic E-state index is 0.315.